The molecule has 0 unspecified atom stereocenters. The van der Waals surface area contributed by atoms with Crippen molar-refractivity contribution in [3.63, 3.8) is 0 Å². The summed E-state index contributed by atoms with van der Waals surface area (Å²) in [6.07, 6.45) is 3.84. The lowest BCUT2D eigenvalue weighted by Crippen LogP contribution is -2.36. The fourth-order valence-electron chi connectivity index (χ4n) is 3.36. The maximum atomic E-state index is 12.5. The van der Waals surface area contributed by atoms with Crippen LogP contribution >= 0.6 is 12.4 Å². The van der Waals surface area contributed by atoms with Crippen LogP contribution in [-0.2, 0) is 11.8 Å². The number of ether oxygens (including phenoxy) is 1. The standard InChI is InChI=1S/C20H28N4O2.ClH/c1-14(2)15-4-6-17(7-5-15)26-9-8-22-20(25)19-12-21-11-18(19)16-10-23-24(3)13-16;/h4-7,10,13-14,18-19,21H,8-9,11-12H2,1-3H3,(H,22,25);1H/t18-,19+;/m1./s1. The molecule has 2 N–H and O–H groups in total. The molecule has 1 saturated heterocycles. The van der Waals surface area contributed by atoms with Gasteiger partial charge in [-0.05, 0) is 29.2 Å². The van der Waals surface area contributed by atoms with Crippen LogP contribution in [0.15, 0.2) is 36.7 Å². The number of halogens is 1. The molecule has 1 aromatic heterocycles. The lowest BCUT2D eigenvalue weighted by Gasteiger charge is -2.17. The smallest absolute Gasteiger partial charge is 0.225 e. The lowest BCUT2D eigenvalue weighted by atomic mass is 9.90. The fraction of sp³-hybridized carbons (Fsp3) is 0.500. The van der Waals surface area contributed by atoms with Crippen molar-refractivity contribution in [2.24, 2.45) is 13.0 Å². The Hall–Kier alpha value is -2.05. The molecular formula is C20H29ClN4O2. The molecule has 2 aromatic rings. The molecule has 2 heterocycles. The van der Waals surface area contributed by atoms with E-state index in [1.165, 1.54) is 5.56 Å². The molecule has 3 rings (SSSR count). The molecule has 1 aromatic carbocycles. The fourth-order valence-corrected chi connectivity index (χ4v) is 3.36. The van der Waals surface area contributed by atoms with Gasteiger partial charge < -0.3 is 15.4 Å². The predicted octanol–water partition coefficient (Wildman–Crippen LogP) is 2.46. The maximum Gasteiger partial charge on any atom is 0.225 e. The zero-order valence-electron chi connectivity index (χ0n) is 16.1. The zero-order chi connectivity index (χ0) is 18.5. The van der Waals surface area contributed by atoms with Crippen LogP contribution in [0, 0.1) is 5.92 Å². The van der Waals surface area contributed by atoms with Crippen LogP contribution < -0.4 is 15.4 Å². The number of nitrogens with zero attached hydrogens (tertiary/aromatic N) is 2. The molecule has 1 fully saturated rings. The molecule has 7 heteroatoms. The van der Waals surface area contributed by atoms with Crippen molar-refractivity contribution >= 4 is 18.3 Å². The summed E-state index contributed by atoms with van der Waals surface area (Å²) < 4.78 is 7.50. The number of amides is 1. The van der Waals surface area contributed by atoms with E-state index in [4.69, 9.17) is 4.74 Å². The Balaban J connectivity index is 0.00000261. The Kier molecular flexibility index (Phi) is 7.68. The van der Waals surface area contributed by atoms with Gasteiger partial charge in [-0.2, -0.15) is 5.10 Å². The van der Waals surface area contributed by atoms with E-state index in [2.05, 4.69) is 41.7 Å². The van der Waals surface area contributed by atoms with Gasteiger partial charge in [-0.1, -0.05) is 26.0 Å². The van der Waals surface area contributed by atoms with E-state index in [1.54, 1.807) is 4.68 Å². The number of carbonyl (C=O) groups is 1. The number of hydrogen-bond donors (Lipinski definition) is 2. The van der Waals surface area contributed by atoms with Gasteiger partial charge in [0.05, 0.1) is 18.7 Å². The molecule has 1 amide bonds. The molecular weight excluding hydrogens is 364 g/mol. The van der Waals surface area contributed by atoms with Crippen molar-refractivity contribution in [1.29, 1.82) is 0 Å². The normalized spacial score (nSPS) is 19.0. The molecule has 148 valence electrons. The molecule has 0 aliphatic carbocycles. The van der Waals surface area contributed by atoms with E-state index in [1.807, 2.05) is 31.6 Å². The summed E-state index contributed by atoms with van der Waals surface area (Å²) in [5, 5.41) is 10.5. The largest absolute Gasteiger partial charge is 0.492 e. The number of nitrogens with one attached hydrogen (secondary N) is 2. The van der Waals surface area contributed by atoms with Gasteiger partial charge in [0.25, 0.3) is 0 Å². The van der Waals surface area contributed by atoms with Gasteiger partial charge in [0.15, 0.2) is 0 Å². The first-order chi connectivity index (χ1) is 12.5. The quantitative estimate of drug-likeness (QED) is 0.710. The van der Waals surface area contributed by atoms with E-state index >= 15 is 0 Å². The van der Waals surface area contributed by atoms with Crippen LogP contribution in [0.3, 0.4) is 0 Å². The van der Waals surface area contributed by atoms with Gasteiger partial charge in [-0.15, -0.1) is 12.4 Å². The summed E-state index contributed by atoms with van der Waals surface area (Å²) in [5.74, 6) is 1.52. The zero-order valence-corrected chi connectivity index (χ0v) is 17.0. The van der Waals surface area contributed by atoms with Crippen LogP contribution in [0.2, 0.25) is 0 Å². The van der Waals surface area contributed by atoms with Crippen molar-refractivity contribution in [3.8, 4) is 5.75 Å². The van der Waals surface area contributed by atoms with E-state index in [9.17, 15) is 4.79 Å². The topological polar surface area (TPSA) is 68.2 Å². The SMILES string of the molecule is CC(C)c1ccc(OCCNC(=O)[C@H]2CNC[C@@H]2c2cnn(C)c2)cc1.Cl. The van der Waals surface area contributed by atoms with Crippen molar-refractivity contribution in [3.05, 3.63) is 47.8 Å². The molecule has 1 aliphatic heterocycles. The van der Waals surface area contributed by atoms with Crippen LogP contribution in [0.4, 0.5) is 0 Å². The Morgan fingerprint density at radius 1 is 1.33 bits per heavy atom. The Labute approximate surface area is 167 Å². The first kappa shape index (κ1) is 21.3. The minimum absolute atomic E-state index is 0. The molecule has 27 heavy (non-hydrogen) atoms. The lowest BCUT2D eigenvalue weighted by molar-refractivity contribution is -0.124. The summed E-state index contributed by atoms with van der Waals surface area (Å²) in [6, 6.07) is 8.13. The highest BCUT2D eigenvalue weighted by atomic mass is 35.5. The molecule has 6 nitrogen and oxygen atoms in total. The van der Waals surface area contributed by atoms with E-state index in [0.29, 0.717) is 25.6 Å². The third-order valence-corrected chi connectivity index (χ3v) is 4.92. The van der Waals surface area contributed by atoms with Gasteiger partial charge >= 0.3 is 0 Å². The number of rotatable bonds is 7. The Bertz CT molecular complexity index is 730. The monoisotopic (exact) mass is 392 g/mol. The highest BCUT2D eigenvalue weighted by molar-refractivity contribution is 5.85. The summed E-state index contributed by atoms with van der Waals surface area (Å²) in [4.78, 5) is 12.5. The first-order valence-electron chi connectivity index (χ1n) is 9.24. The van der Waals surface area contributed by atoms with E-state index in [-0.39, 0.29) is 30.2 Å². The molecule has 0 saturated carbocycles. The van der Waals surface area contributed by atoms with Gasteiger partial charge in [0, 0.05) is 32.3 Å². The summed E-state index contributed by atoms with van der Waals surface area (Å²) >= 11 is 0. The van der Waals surface area contributed by atoms with Gasteiger partial charge in [0.1, 0.15) is 12.4 Å². The summed E-state index contributed by atoms with van der Waals surface area (Å²) in [5.41, 5.74) is 2.40. The highest BCUT2D eigenvalue weighted by Gasteiger charge is 2.34. The second kappa shape index (κ2) is 9.76. The van der Waals surface area contributed by atoms with Crippen LogP contribution in [-0.4, -0.2) is 41.9 Å². The van der Waals surface area contributed by atoms with Crippen molar-refractivity contribution in [2.45, 2.75) is 25.7 Å². The summed E-state index contributed by atoms with van der Waals surface area (Å²) in [6.45, 7) is 6.81. The van der Waals surface area contributed by atoms with Crippen molar-refractivity contribution < 1.29 is 9.53 Å². The predicted molar refractivity (Wildman–Crippen MR) is 109 cm³/mol. The van der Waals surface area contributed by atoms with Crippen molar-refractivity contribution in [1.82, 2.24) is 20.4 Å². The van der Waals surface area contributed by atoms with E-state index < -0.39 is 0 Å². The van der Waals surface area contributed by atoms with Gasteiger partial charge in [-0.25, -0.2) is 0 Å². The second-order valence-corrected chi connectivity index (χ2v) is 7.18. The molecule has 0 spiro atoms. The average Bonchev–Trinajstić information content (AvgIpc) is 3.27. The first-order valence-corrected chi connectivity index (χ1v) is 9.24. The second-order valence-electron chi connectivity index (χ2n) is 7.18. The number of hydrogen-bond acceptors (Lipinski definition) is 4. The van der Waals surface area contributed by atoms with Crippen LogP contribution in [0.1, 0.15) is 36.8 Å². The third kappa shape index (κ3) is 5.47. The van der Waals surface area contributed by atoms with Crippen LogP contribution in [0.5, 0.6) is 5.75 Å². The number of aryl methyl sites for hydroxylation is 1. The number of carbonyl (C=O) groups excluding carboxylic acids is 1. The number of aromatic nitrogens is 2. The average molecular weight is 393 g/mol. The third-order valence-electron chi connectivity index (χ3n) is 4.92. The van der Waals surface area contributed by atoms with Gasteiger partial charge in [-0.3, -0.25) is 9.48 Å². The molecule has 0 radical (unpaired) electrons. The minimum atomic E-state index is -0.0653. The maximum absolute atomic E-state index is 12.5. The van der Waals surface area contributed by atoms with Crippen molar-refractivity contribution in [2.75, 3.05) is 26.2 Å². The summed E-state index contributed by atoms with van der Waals surface area (Å²) in [7, 11) is 1.89. The van der Waals surface area contributed by atoms with Crippen LogP contribution in [0.25, 0.3) is 0 Å². The highest BCUT2D eigenvalue weighted by Crippen LogP contribution is 2.27. The molecule has 1 aliphatic rings. The van der Waals surface area contributed by atoms with E-state index in [0.717, 1.165) is 17.9 Å². The molecule has 0 bridgehead atoms. The molecule has 2 atom stereocenters. The Morgan fingerprint density at radius 2 is 2.07 bits per heavy atom. The van der Waals surface area contributed by atoms with Gasteiger partial charge in [0.2, 0.25) is 5.91 Å². The number of benzene rings is 1. The Morgan fingerprint density at radius 3 is 2.70 bits per heavy atom. The minimum Gasteiger partial charge on any atom is -0.492 e.